The maximum absolute atomic E-state index is 12.3. The van der Waals surface area contributed by atoms with Crippen LogP contribution in [0.4, 0.5) is 0 Å². The van der Waals surface area contributed by atoms with Gasteiger partial charge in [-0.2, -0.15) is 5.10 Å². The Bertz CT molecular complexity index is 636. The summed E-state index contributed by atoms with van der Waals surface area (Å²) in [5.74, 6) is -0.303. The van der Waals surface area contributed by atoms with Crippen molar-refractivity contribution >= 4 is 17.5 Å². The lowest BCUT2D eigenvalue weighted by Crippen LogP contribution is -2.37. The zero-order valence-corrected chi connectivity index (χ0v) is 13.5. The van der Waals surface area contributed by atoms with E-state index < -0.39 is 0 Å². The van der Waals surface area contributed by atoms with Crippen LogP contribution in [0.5, 0.6) is 0 Å². The van der Waals surface area contributed by atoms with Crippen LogP contribution in [0.25, 0.3) is 0 Å². The number of nitrogens with zero attached hydrogens (tertiary/aromatic N) is 2. The summed E-state index contributed by atoms with van der Waals surface area (Å²) in [7, 11) is 0. The van der Waals surface area contributed by atoms with E-state index in [9.17, 15) is 9.90 Å². The largest absolute Gasteiger partial charge is 0.394 e. The molecule has 118 valence electrons. The number of hydrogen-bond acceptors (Lipinski definition) is 3. The molecule has 0 aliphatic carbocycles. The maximum atomic E-state index is 12.3. The summed E-state index contributed by atoms with van der Waals surface area (Å²) in [5, 5.41) is 16.6. The Labute approximate surface area is 134 Å². The van der Waals surface area contributed by atoms with Crippen molar-refractivity contribution in [2.45, 2.75) is 32.9 Å². The molecular formula is C16H20ClN3O2. The van der Waals surface area contributed by atoms with Gasteiger partial charge in [-0.15, -0.1) is 0 Å². The van der Waals surface area contributed by atoms with Gasteiger partial charge in [-0.3, -0.25) is 4.79 Å². The van der Waals surface area contributed by atoms with Crippen molar-refractivity contribution in [1.29, 1.82) is 0 Å². The number of carbonyl (C=O) groups excluding carboxylic acids is 1. The van der Waals surface area contributed by atoms with E-state index in [-0.39, 0.29) is 18.6 Å². The molecule has 0 aliphatic heterocycles. The summed E-state index contributed by atoms with van der Waals surface area (Å²) >= 11 is 6.32. The third-order valence-corrected chi connectivity index (χ3v) is 3.90. The SMILES string of the molecule is CCC(CO)NC(=O)c1c(C)nn(Cc2ccccc2)c1Cl. The molecule has 2 rings (SSSR count). The Hall–Kier alpha value is -1.85. The third-order valence-electron chi connectivity index (χ3n) is 3.52. The number of hydrogen-bond donors (Lipinski definition) is 2. The van der Waals surface area contributed by atoms with E-state index in [1.165, 1.54) is 0 Å². The smallest absolute Gasteiger partial charge is 0.256 e. The van der Waals surface area contributed by atoms with Crippen molar-refractivity contribution in [3.8, 4) is 0 Å². The van der Waals surface area contributed by atoms with Crippen molar-refractivity contribution in [3.63, 3.8) is 0 Å². The fraction of sp³-hybridized carbons (Fsp3) is 0.375. The Kier molecular flexibility index (Phi) is 5.57. The van der Waals surface area contributed by atoms with Gasteiger partial charge in [-0.1, -0.05) is 48.9 Å². The van der Waals surface area contributed by atoms with Crippen molar-refractivity contribution < 1.29 is 9.90 Å². The fourth-order valence-electron chi connectivity index (χ4n) is 2.21. The molecule has 2 aromatic rings. The molecule has 0 fully saturated rings. The normalized spacial score (nSPS) is 12.2. The molecule has 1 unspecified atom stereocenters. The number of aliphatic hydroxyl groups excluding tert-OH is 1. The molecule has 0 aliphatic rings. The molecule has 6 heteroatoms. The highest BCUT2D eigenvalue weighted by molar-refractivity contribution is 6.33. The predicted octanol–water partition coefficient (Wildman–Crippen LogP) is 2.39. The van der Waals surface area contributed by atoms with Crippen LogP contribution >= 0.6 is 11.6 Å². The van der Waals surface area contributed by atoms with Gasteiger partial charge in [-0.05, 0) is 18.9 Å². The number of aliphatic hydroxyl groups is 1. The van der Waals surface area contributed by atoms with Crippen LogP contribution in [0.1, 0.15) is 35.0 Å². The minimum atomic E-state index is -0.303. The molecule has 0 spiro atoms. The van der Waals surface area contributed by atoms with Gasteiger partial charge in [0.25, 0.3) is 5.91 Å². The average molecular weight is 322 g/mol. The van der Waals surface area contributed by atoms with Gasteiger partial charge in [0.1, 0.15) is 5.15 Å². The number of carbonyl (C=O) groups is 1. The summed E-state index contributed by atoms with van der Waals surface area (Å²) in [4.78, 5) is 12.3. The number of benzene rings is 1. The Morgan fingerprint density at radius 3 is 2.68 bits per heavy atom. The minimum Gasteiger partial charge on any atom is -0.394 e. The van der Waals surface area contributed by atoms with Gasteiger partial charge in [0, 0.05) is 0 Å². The highest BCUT2D eigenvalue weighted by atomic mass is 35.5. The molecule has 5 nitrogen and oxygen atoms in total. The first-order valence-electron chi connectivity index (χ1n) is 7.25. The Morgan fingerprint density at radius 1 is 1.41 bits per heavy atom. The summed E-state index contributed by atoms with van der Waals surface area (Å²) in [5.41, 5.74) is 2.00. The molecule has 1 amide bonds. The molecular weight excluding hydrogens is 302 g/mol. The van der Waals surface area contributed by atoms with Crippen LogP contribution in [0, 0.1) is 6.92 Å². The summed E-state index contributed by atoms with van der Waals surface area (Å²) in [6.45, 7) is 4.05. The van der Waals surface area contributed by atoms with Crippen LogP contribution in [0.2, 0.25) is 5.15 Å². The van der Waals surface area contributed by atoms with E-state index >= 15 is 0 Å². The second-order valence-electron chi connectivity index (χ2n) is 5.16. The van der Waals surface area contributed by atoms with E-state index in [0.29, 0.717) is 29.4 Å². The highest BCUT2D eigenvalue weighted by Crippen LogP contribution is 2.21. The average Bonchev–Trinajstić information content (AvgIpc) is 2.80. The van der Waals surface area contributed by atoms with Gasteiger partial charge >= 0.3 is 0 Å². The quantitative estimate of drug-likeness (QED) is 0.858. The molecule has 22 heavy (non-hydrogen) atoms. The lowest BCUT2D eigenvalue weighted by Gasteiger charge is -2.13. The molecule has 1 aromatic heterocycles. The fourth-order valence-corrected chi connectivity index (χ4v) is 2.53. The lowest BCUT2D eigenvalue weighted by atomic mass is 10.2. The lowest BCUT2D eigenvalue weighted by molar-refractivity contribution is 0.0914. The zero-order valence-electron chi connectivity index (χ0n) is 12.7. The number of amides is 1. The number of halogens is 1. The van der Waals surface area contributed by atoms with Gasteiger partial charge in [-0.25, -0.2) is 4.68 Å². The molecule has 0 bridgehead atoms. The molecule has 1 aromatic carbocycles. The van der Waals surface area contributed by atoms with E-state index in [1.54, 1.807) is 11.6 Å². The van der Waals surface area contributed by atoms with Gasteiger partial charge in [0.15, 0.2) is 0 Å². The topological polar surface area (TPSA) is 67.2 Å². The van der Waals surface area contributed by atoms with Crippen LogP contribution < -0.4 is 5.32 Å². The molecule has 0 saturated carbocycles. The minimum absolute atomic E-state index is 0.100. The van der Waals surface area contributed by atoms with E-state index in [1.807, 2.05) is 37.3 Å². The third kappa shape index (κ3) is 3.67. The first-order chi connectivity index (χ1) is 10.6. The van der Waals surface area contributed by atoms with E-state index in [4.69, 9.17) is 11.6 Å². The van der Waals surface area contributed by atoms with E-state index in [2.05, 4.69) is 10.4 Å². The van der Waals surface area contributed by atoms with Crippen LogP contribution in [-0.2, 0) is 6.54 Å². The highest BCUT2D eigenvalue weighted by Gasteiger charge is 2.22. The zero-order chi connectivity index (χ0) is 16.1. The number of rotatable bonds is 6. The monoisotopic (exact) mass is 321 g/mol. The second kappa shape index (κ2) is 7.42. The van der Waals surface area contributed by atoms with Crippen molar-refractivity contribution in [3.05, 3.63) is 52.3 Å². The summed E-state index contributed by atoms with van der Waals surface area (Å²) in [6, 6.07) is 9.51. The van der Waals surface area contributed by atoms with Crippen molar-refractivity contribution in [2.75, 3.05) is 6.61 Å². The van der Waals surface area contributed by atoms with Crippen LogP contribution in [-0.4, -0.2) is 33.4 Å². The molecule has 1 heterocycles. The second-order valence-corrected chi connectivity index (χ2v) is 5.51. The standard InChI is InChI=1S/C16H20ClN3O2/c1-3-13(10-21)18-16(22)14-11(2)19-20(15(14)17)9-12-7-5-4-6-8-12/h4-8,13,21H,3,9-10H2,1-2H3,(H,18,22). The van der Waals surface area contributed by atoms with Crippen molar-refractivity contribution in [2.24, 2.45) is 0 Å². The number of aryl methyl sites for hydroxylation is 1. The van der Waals surface area contributed by atoms with Crippen molar-refractivity contribution in [1.82, 2.24) is 15.1 Å². The number of aromatic nitrogens is 2. The molecule has 1 atom stereocenters. The van der Waals surface area contributed by atoms with Gasteiger partial charge < -0.3 is 10.4 Å². The Balaban J connectivity index is 2.21. The predicted molar refractivity (Wildman–Crippen MR) is 86.1 cm³/mol. The first-order valence-corrected chi connectivity index (χ1v) is 7.63. The van der Waals surface area contributed by atoms with Crippen LogP contribution in [0.3, 0.4) is 0 Å². The van der Waals surface area contributed by atoms with E-state index in [0.717, 1.165) is 5.56 Å². The maximum Gasteiger partial charge on any atom is 0.256 e. The molecule has 0 saturated heterocycles. The van der Waals surface area contributed by atoms with Gasteiger partial charge in [0.2, 0.25) is 0 Å². The molecule has 0 radical (unpaired) electrons. The van der Waals surface area contributed by atoms with Gasteiger partial charge in [0.05, 0.1) is 30.5 Å². The summed E-state index contributed by atoms with van der Waals surface area (Å²) < 4.78 is 1.61. The van der Waals surface area contributed by atoms with Crippen LogP contribution in [0.15, 0.2) is 30.3 Å². The Morgan fingerprint density at radius 2 is 2.09 bits per heavy atom. The number of nitrogens with one attached hydrogen (secondary N) is 1. The summed E-state index contributed by atoms with van der Waals surface area (Å²) in [6.07, 6.45) is 0.650. The first kappa shape index (κ1) is 16.5. The molecule has 2 N–H and O–H groups in total.